The van der Waals surface area contributed by atoms with Crippen molar-refractivity contribution in [2.45, 2.75) is 20.3 Å². The highest BCUT2D eigenvalue weighted by atomic mass is 35.5. The molecule has 0 radical (unpaired) electrons. The Bertz CT molecular complexity index is 885. The molecule has 11 heteroatoms. The zero-order chi connectivity index (χ0) is 21.4. The molecular weight excluding hydrogens is 404 g/mol. The van der Waals surface area contributed by atoms with E-state index in [1.807, 2.05) is 6.92 Å². The lowest BCUT2D eigenvalue weighted by molar-refractivity contribution is -0.384. The molecule has 1 aromatic carbocycles. The van der Waals surface area contributed by atoms with Crippen molar-refractivity contribution in [3.63, 3.8) is 0 Å². The summed E-state index contributed by atoms with van der Waals surface area (Å²) in [6, 6.07) is 5.12. The number of benzene rings is 1. The predicted octanol–water partition coefficient (Wildman–Crippen LogP) is 3.05. The van der Waals surface area contributed by atoms with Gasteiger partial charge < -0.3 is 19.5 Å². The van der Waals surface area contributed by atoms with E-state index in [1.165, 1.54) is 17.0 Å². The monoisotopic (exact) mass is 424 g/mol. The van der Waals surface area contributed by atoms with Crippen LogP contribution in [0, 0.1) is 17.0 Å². The molecule has 0 fully saturated rings. The van der Waals surface area contributed by atoms with Gasteiger partial charge in [-0.1, -0.05) is 16.8 Å². The number of rotatable bonds is 10. The first kappa shape index (κ1) is 22.3. The summed E-state index contributed by atoms with van der Waals surface area (Å²) < 4.78 is 10.2. The van der Waals surface area contributed by atoms with Gasteiger partial charge >= 0.3 is 0 Å². The molecule has 10 nitrogen and oxygen atoms in total. The first-order chi connectivity index (χ1) is 13.8. The fourth-order valence-electron chi connectivity index (χ4n) is 2.50. The Morgan fingerprint density at radius 1 is 1.38 bits per heavy atom. The molecule has 0 atom stereocenters. The SMILES string of the molecule is CCOCCCN(CC(=O)Nc1cc(C)on1)C(=O)c1ccc([N+](=O)[O-])cc1Cl. The second-order valence-corrected chi connectivity index (χ2v) is 6.48. The third kappa shape index (κ3) is 6.54. The quantitative estimate of drug-likeness (QED) is 0.352. The number of nitro benzene ring substituents is 1. The number of nitrogens with zero attached hydrogens (tertiary/aromatic N) is 3. The summed E-state index contributed by atoms with van der Waals surface area (Å²) in [5.74, 6) is -0.223. The van der Waals surface area contributed by atoms with Crippen LogP contribution in [0.2, 0.25) is 5.02 Å². The molecule has 2 amide bonds. The lowest BCUT2D eigenvalue weighted by Crippen LogP contribution is -2.39. The van der Waals surface area contributed by atoms with Crippen molar-refractivity contribution in [3.8, 4) is 0 Å². The van der Waals surface area contributed by atoms with Gasteiger partial charge in [0.2, 0.25) is 5.91 Å². The van der Waals surface area contributed by atoms with Gasteiger partial charge in [0.25, 0.3) is 11.6 Å². The number of carbonyl (C=O) groups is 2. The van der Waals surface area contributed by atoms with E-state index in [1.54, 1.807) is 13.0 Å². The van der Waals surface area contributed by atoms with Gasteiger partial charge in [0.1, 0.15) is 12.3 Å². The van der Waals surface area contributed by atoms with Crippen molar-refractivity contribution < 1.29 is 23.8 Å². The van der Waals surface area contributed by atoms with Crippen LogP contribution in [0.3, 0.4) is 0 Å². The molecule has 1 N–H and O–H groups in total. The minimum absolute atomic E-state index is 0.0634. The summed E-state index contributed by atoms with van der Waals surface area (Å²) in [4.78, 5) is 36.8. The lowest BCUT2D eigenvalue weighted by Gasteiger charge is -2.22. The number of anilines is 1. The number of halogens is 1. The minimum atomic E-state index is -0.604. The molecule has 0 unspecified atom stereocenters. The van der Waals surface area contributed by atoms with E-state index < -0.39 is 16.7 Å². The zero-order valence-corrected chi connectivity index (χ0v) is 16.8. The summed E-state index contributed by atoms with van der Waals surface area (Å²) in [7, 11) is 0. The van der Waals surface area contributed by atoms with Gasteiger partial charge in [-0.25, -0.2) is 0 Å². The van der Waals surface area contributed by atoms with E-state index in [2.05, 4.69) is 10.5 Å². The number of hydrogen-bond donors (Lipinski definition) is 1. The van der Waals surface area contributed by atoms with Gasteiger partial charge in [-0.3, -0.25) is 19.7 Å². The molecule has 0 aliphatic rings. The molecule has 0 aliphatic heterocycles. The van der Waals surface area contributed by atoms with E-state index in [0.717, 1.165) is 6.07 Å². The summed E-state index contributed by atoms with van der Waals surface area (Å²) in [5, 5.41) is 17.0. The third-order valence-corrected chi connectivity index (χ3v) is 4.14. The van der Waals surface area contributed by atoms with Crippen LogP contribution in [0.25, 0.3) is 0 Å². The largest absolute Gasteiger partial charge is 0.382 e. The molecular formula is C18H21ClN4O6. The van der Waals surface area contributed by atoms with E-state index in [4.69, 9.17) is 20.9 Å². The Kier molecular flexibility index (Phi) is 8.10. The smallest absolute Gasteiger partial charge is 0.270 e. The van der Waals surface area contributed by atoms with Gasteiger partial charge in [0, 0.05) is 38.0 Å². The lowest BCUT2D eigenvalue weighted by atomic mass is 10.1. The first-order valence-electron chi connectivity index (χ1n) is 8.86. The summed E-state index contributed by atoms with van der Waals surface area (Å²) >= 11 is 6.07. The Morgan fingerprint density at radius 2 is 2.14 bits per heavy atom. The molecule has 156 valence electrons. The van der Waals surface area contributed by atoms with E-state index in [-0.39, 0.29) is 35.2 Å². The second kappa shape index (κ2) is 10.5. The Labute approximate surface area is 171 Å². The summed E-state index contributed by atoms with van der Waals surface area (Å²) in [6.45, 7) is 4.46. The predicted molar refractivity (Wildman–Crippen MR) is 105 cm³/mol. The normalized spacial score (nSPS) is 10.6. The Balaban J connectivity index is 2.14. The van der Waals surface area contributed by atoms with Crippen molar-refractivity contribution in [3.05, 3.63) is 50.7 Å². The summed E-state index contributed by atoms with van der Waals surface area (Å²) in [6.07, 6.45) is 0.501. The fraction of sp³-hybridized carbons (Fsp3) is 0.389. The van der Waals surface area contributed by atoms with Gasteiger partial charge in [0.15, 0.2) is 5.82 Å². The highest BCUT2D eigenvalue weighted by Crippen LogP contribution is 2.24. The van der Waals surface area contributed by atoms with Crippen LogP contribution in [-0.4, -0.2) is 53.1 Å². The van der Waals surface area contributed by atoms with Crippen molar-refractivity contribution in [2.75, 3.05) is 31.6 Å². The van der Waals surface area contributed by atoms with Crippen LogP contribution in [0.5, 0.6) is 0 Å². The van der Waals surface area contributed by atoms with Crippen LogP contribution in [-0.2, 0) is 9.53 Å². The van der Waals surface area contributed by atoms with Crippen molar-refractivity contribution >= 4 is 34.9 Å². The number of aryl methyl sites for hydroxylation is 1. The maximum absolute atomic E-state index is 12.9. The van der Waals surface area contributed by atoms with E-state index in [9.17, 15) is 19.7 Å². The molecule has 0 bridgehead atoms. The van der Waals surface area contributed by atoms with Crippen LogP contribution in [0.1, 0.15) is 29.5 Å². The summed E-state index contributed by atoms with van der Waals surface area (Å²) in [5.41, 5.74) is -0.160. The maximum atomic E-state index is 12.9. The molecule has 0 saturated heterocycles. The van der Waals surface area contributed by atoms with Crippen LogP contribution in [0.4, 0.5) is 11.5 Å². The number of nitrogens with one attached hydrogen (secondary N) is 1. The zero-order valence-electron chi connectivity index (χ0n) is 16.0. The molecule has 0 aliphatic carbocycles. The highest BCUT2D eigenvalue weighted by Gasteiger charge is 2.23. The molecule has 2 rings (SSSR count). The van der Waals surface area contributed by atoms with Crippen LogP contribution < -0.4 is 5.32 Å². The second-order valence-electron chi connectivity index (χ2n) is 6.07. The fourth-order valence-corrected chi connectivity index (χ4v) is 2.75. The number of hydrogen-bond acceptors (Lipinski definition) is 7. The Hall–Kier alpha value is -2.98. The average Bonchev–Trinajstić information content (AvgIpc) is 3.08. The average molecular weight is 425 g/mol. The number of nitro groups is 1. The van der Waals surface area contributed by atoms with E-state index >= 15 is 0 Å². The minimum Gasteiger partial charge on any atom is -0.382 e. The first-order valence-corrected chi connectivity index (χ1v) is 9.23. The molecule has 1 aromatic heterocycles. The molecule has 2 aromatic rings. The van der Waals surface area contributed by atoms with Crippen molar-refractivity contribution in [1.29, 1.82) is 0 Å². The molecule has 0 saturated carbocycles. The number of non-ortho nitro benzene ring substituents is 1. The topological polar surface area (TPSA) is 128 Å². The molecule has 1 heterocycles. The van der Waals surface area contributed by atoms with Gasteiger partial charge in [-0.15, -0.1) is 0 Å². The maximum Gasteiger partial charge on any atom is 0.270 e. The van der Waals surface area contributed by atoms with Crippen molar-refractivity contribution in [1.82, 2.24) is 10.1 Å². The van der Waals surface area contributed by atoms with Gasteiger partial charge in [0.05, 0.1) is 15.5 Å². The van der Waals surface area contributed by atoms with Gasteiger partial charge in [-0.2, -0.15) is 0 Å². The standard InChI is InChI=1S/C18H21ClN4O6/c1-3-28-8-4-7-22(11-17(24)20-16-9-12(2)29-21-16)18(25)14-6-5-13(23(26)27)10-15(14)19/h5-6,9-10H,3-4,7-8,11H2,1-2H3,(H,20,21,24). The molecule has 29 heavy (non-hydrogen) atoms. The third-order valence-electron chi connectivity index (χ3n) is 3.83. The number of ether oxygens (including phenoxy) is 1. The molecule has 0 spiro atoms. The van der Waals surface area contributed by atoms with Crippen LogP contribution in [0.15, 0.2) is 28.8 Å². The highest BCUT2D eigenvalue weighted by molar-refractivity contribution is 6.34. The van der Waals surface area contributed by atoms with Gasteiger partial charge in [-0.05, 0) is 26.3 Å². The van der Waals surface area contributed by atoms with Crippen LogP contribution >= 0.6 is 11.6 Å². The Morgan fingerprint density at radius 3 is 2.72 bits per heavy atom. The number of aromatic nitrogens is 1. The number of amides is 2. The van der Waals surface area contributed by atoms with Crippen molar-refractivity contribution in [2.24, 2.45) is 0 Å². The number of carbonyl (C=O) groups excluding carboxylic acids is 2. The van der Waals surface area contributed by atoms with E-state index in [0.29, 0.717) is 25.4 Å².